The molecule has 5 nitrogen and oxygen atoms in total. The predicted octanol–water partition coefficient (Wildman–Crippen LogP) is 3.16. The van der Waals surface area contributed by atoms with Crippen molar-refractivity contribution in [1.82, 2.24) is 10.2 Å². The molecule has 0 radical (unpaired) electrons. The van der Waals surface area contributed by atoms with Crippen LogP contribution >= 0.6 is 11.6 Å². The first-order valence-corrected chi connectivity index (χ1v) is 9.74. The molecule has 3 aromatic rings. The number of hydrogen-bond acceptors (Lipinski definition) is 4. The number of aryl methyl sites for hydroxylation is 1. The maximum Gasteiger partial charge on any atom is 0.274 e. The van der Waals surface area contributed by atoms with Gasteiger partial charge < -0.3 is 14.2 Å². The first-order chi connectivity index (χ1) is 13.1. The van der Waals surface area contributed by atoms with Gasteiger partial charge in [0.15, 0.2) is 6.04 Å². The smallest absolute Gasteiger partial charge is 0.274 e. The summed E-state index contributed by atoms with van der Waals surface area (Å²) >= 11 is 6.06. The molecule has 1 N–H and O–H groups in total. The molecule has 1 aliphatic heterocycles. The van der Waals surface area contributed by atoms with Crippen LogP contribution in [0.25, 0.3) is 11.5 Å². The molecule has 1 aromatic heterocycles. The molecule has 0 unspecified atom stereocenters. The van der Waals surface area contributed by atoms with Crippen LogP contribution in [0, 0.1) is 6.92 Å². The van der Waals surface area contributed by atoms with Crippen LogP contribution in [0.2, 0.25) is 5.02 Å². The van der Waals surface area contributed by atoms with Crippen LogP contribution in [0.4, 0.5) is 5.69 Å². The van der Waals surface area contributed by atoms with Gasteiger partial charge in [-0.05, 0) is 43.7 Å². The quantitative estimate of drug-likeness (QED) is 0.751. The highest BCUT2D eigenvalue weighted by Gasteiger charge is 2.29. The van der Waals surface area contributed by atoms with Crippen LogP contribution < -0.4 is 9.80 Å². The van der Waals surface area contributed by atoms with E-state index in [0.717, 1.165) is 31.7 Å². The number of aromatic nitrogens is 2. The number of nitrogens with zero attached hydrogens (tertiary/aromatic N) is 3. The molecule has 140 valence electrons. The van der Waals surface area contributed by atoms with E-state index < -0.39 is 0 Å². The van der Waals surface area contributed by atoms with E-state index in [9.17, 15) is 0 Å². The van der Waals surface area contributed by atoms with Gasteiger partial charge in [0, 0.05) is 16.3 Å². The third-order valence-corrected chi connectivity index (χ3v) is 5.59. The van der Waals surface area contributed by atoms with Crippen molar-refractivity contribution in [2.24, 2.45) is 0 Å². The fourth-order valence-corrected chi connectivity index (χ4v) is 3.90. The summed E-state index contributed by atoms with van der Waals surface area (Å²) in [7, 11) is 0. The molecule has 1 atom stereocenters. The number of para-hydroxylation sites is 1. The minimum atomic E-state index is 0.171. The summed E-state index contributed by atoms with van der Waals surface area (Å²) in [6.45, 7) is 8.48. The maximum atomic E-state index is 6.06. The van der Waals surface area contributed by atoms with Gasteiger partial charge in [-0.3, -0.25) is 0 Å². The van der Waals surface area contributed by atoms with Gasteiger partial charge in [-0.15, -0.1) is 10.2 Å². The first-order valence-electron chi connectivity index (χ1n) is 9.36. The first kappa shape index (κ1) is 18.0. The lowest BCUT2D eigenvalue weighted by atomic mass is 10.1. The Bertz CT molecular complexity index is 918. The van der Waals surface area contributed by atoms with E-state index in [1.165, 1.54) is 16.2 Å². The third kappa shape index (κ3) is 3.84. The second kappa shape index (κ2) is 7.71. The van der Waals surface area contributed by atoms with Gasteiger partial charge in [-0.2, -0.15) is 0 Å². The Morgan fingerprint density at radius 2 is 1.85 bits per heavy atom. The fraction of sp³-hybridized carbons (Fsp3) is 0.333. The number of quaternary nitrogens is 1. The summed E-state index contributed by atoms with van der Waals surface area (Å²) in [5.74, 6) is 1.21. The maximum absolute atomic E-state index is 6.06. The molecule has 2 aromatic carbocycles. The van der Waals surface area contributed by atoms with Crippen molar-refractivity contribution in [3.63, 3.8) is 0 Å². The van der Waals surface area contributed by atoms with Crippen molar-refractivity contribution in [2.75, 3.05) is 31.1 Å². The average Bonchev–Trinajstić information content (AvgIpc) is 3.18. The topological polar surface area (TPSA) is 46.6 Å². The Balaban J connectivity index is 1.43. The second-order valence-electron chi connectivity index (χ2n) is 7.11. The molecule has 0 aliphatic carbocycles. The number of hydrogen-bond donors (Lipinski definition) is 1. The van der Waals surface area contributed by atoms with Gasteiger partial charge in [-0.25, -0.2) is 0 Å². The van der Waals surface area contributed by atoms with E-state index in [2.05, 4.69) is 53.2 Å². The number of nitrogens with one attached hydrogen (secondary N) is 1. The molecule has 0 bridgehead atoms. The summed E-state index contributed by atoms with van der Waals surface area (Å²) in [5, 5.41) is 9.18. The lowest BCUT2D eigenvalue weighted by Crippen LogP contribution is -3.14. The fourth-order valence-electron chi connectivity index (χ4n) is 3.71. The third-order valence-electron chi connectivity index (χ3n) is 5.36. The summed E-state index contributed by atoms with van der Waals surface area (Å²) in [5.41, 5.74) is 3.52. The van der Waals surface area contributed by atoms with Gasteiger partial charge in [0.25, 0.3) is 5.89 Å². The second-order valence-corrected chi connectivity index (χ2v) is 7.55. The minimum absolute atomic E-state index is 0.171. The molecule has 0 amide bonds. The van der Waals surface area contributed by atoms with Crippen LogP contribution in [-0.4, -0.2) is 36.4 Å². The zero-order valence-corrected chi connectivity index (χ0v) is 16.4. The summed E-state index contributed by atoms with van der Waals surface area (Å²) in [6, 6.07) is 16.3. The number of rotatable bonds is 4. The standard InChI is InChI=1S/C21H23ClN4O/c1-15-6-3-4-9-19(15)26-12-10-25(11-13-26)16(2)20-23-24-21(27-20)17-7-5-8-18(22)14-17/h3-9,14,16H,10-13H2,1-2H3/p+1/t16-/m0/s1. The van der Waals surface area contributed by atoms with Gasteiger partial charge >= 0.3 is 0 Å². The van der Waals surface area contributed by atoms with Crippen molar-refractivity contribution in [3.8, 4) is 11.5 Å². The summed E-state index contributed by atoms with van der Waals surface area (Å²) in [4.78, 5) is 3.94. The average molecular weight is 384 g/mol. The van der Waals surface area contributed by atoms with E-state index in [1.807, 2.05) is 24.3 Å². The van der Waals surface area contributed by atoms with Crippen molar-refractivity contribution in [3.05, 3.63) is 65.0 Å². The molecule has 1 fully saturated rings. The monoisotopic (exact) mass is 383 g/mol. The molecule has 0 spiro atoms. The molecule has 1 aliphatic rings. The molecule has 0 saturated carbocycles. The largest absolute Gasteiger partial charge is 0.415 e. The molecule has 1 saturated heterocycles. The van der Waals surface area contributed by atoms with E-state index in [-0.39, 0.29) is 6.04 Å². The molecule has 2 heterocycles. The molecular weight excluding hydrogens is 360 g/mol. The Kier molecular flexibility index (Phi) is 5.14. The van der Waals surface area contributed by atoms with Gasteiger partial charge in [0.05, 0.1) is 26.2 Å². The lowest BCUT2D eigenvalue weighted by molar-refractivity contribution is -0.931. The van der Waals surface area contributed by atoms with Crippen molar-refractivity contribution >= 4 is 17.3 Å². The zero-order valence-electron chi connectivity index (χ0n) is 15.7. The van der Waals surface area contributed by atoms with E-state index in [4.69, 9.17) is 16.0 Å². The molecule has 27 heavy (non-hydrogen) atoms. The predicted molar refractivity (Wildman–Crippen MR) is 107 cm³/mol. The van der Waals surface area contributed by atoms with Gasteiger partial charge in [-0.1, -0.05) is 35.9 Å². The van der Waals surface area contributed by atoms with Gasteiger partial charge in [0.2, 0.25) is 5.89 Å². The molecule has 6 heteroatoms. The van der Waals surface area contributed by atoms with Crippen LogP contribution in [0.5, 0.6) is 0 Å². The van der Waals surface area contributed by atoms with E-state index >= 15 is 0 Å². The van der Waals surface area contributed by atoms with Crippen molar-refractivity contribution < 1.29 is 9.32 Å². The van der Waals surface area contributed by atoms with Crippen LogP contribution in [0.1, 0.15) is 24.4 Å². The van der Waals surface area contributed by atoms with Crippen molar-refractivity contribution in [1.29, 1.82) is 0 Å². The summed E-state index contributed by atoms with van der Waals surface area (Å²) in [6.07, 6.45) is 0. The number of benzene rings is 2. The Morgan fingerprint density at radius 1 is 1.07 bits per heavy atom. The Hall–Kier alpha value is -2.37. The number of halogens is 1. The minimum Gasteiger partial charge on any atom is -0.415 e. The van der Waals surface area contributed by atoms with E-state index in [1.54, 1.807) is 0 Å². The normalized spacial score (nSPS) is 16.5. The highest BCUT2D eigenvalue weighted by atomic mass is 35.5. The van der Waals surface area contributed by atoms with Gasteiger partial charge in [0.1, 0.15) is 0 Å². The number of anilines is 1. The van der Waals surface area contributed by atoms with Crippen molar-refractivity contribution in [2.45, 2.75) is 19.9 Å². The Labute approximate surface area is 164 Å². The SMILES string of the molecule is Cc1ccccc1N1CC[NH+]([C@@H](C)c2nnc(-c3cccc(Cl)c3)o2)CC1. The van der Waals surface area contributed by atoms with E-state index in [0.29, 0.717) is 16.8 Å². The highest BCUT2D eigenvalue weighted by Crippen LogP contribution is 2.23. The van der Waals surface area contributed by atoms with Crippen LogP contribution in [-0.2, 0) is 0 Å². The Morgan fingerprint density at radius 3 is 2.59 bits per heavy atom. The lowest BCUT2D eigenvalue weighted by Gasteiger charge is -2.36. The molecular formula is C21H24ClN4O+. The number of piperazine rings is 1. The zero-order chi connectivity index (χ0) is 18.8. The highest BCUT2D eigenvalue weighted by molar-refractivity contribution is 6.30. The molecule has 4 rings (SSSR count). The van der Waals surface area contributed by atoms with Crippen LogP contribution in [0.15, 0.2) is 52.9 Å². The van der Waals surface area contributed by atoms with Crippen LogP contribution in [0.3, 0.4) is 0 Å². The summed E-state index contributed by atoms with van der Waals surface area (Å²) < 4.78 is 5.95.